The van der Waals surface area contributed by atoms with Crippen molar-refractivity contribution in [1.29, 1.82) is 0 Å². The number of ketones is 1. The number of anilines is 2. The van der Waals surface area contributed by atoms with Gasteiger partial charge in [-0.05, 0) is 19.1 Å². The van der Waals surface area contributed by atoms with E-state index in [1.165, 1.54) is 5.69 Å². The van der Waals surface area contributed by atoms with Gasteiger partial charge in [-0.1, -0.05) is 12.1 Å². The second-order valence-corrected chi connectivity index (χ2v) is 4.15. The Kier molecular flexibility index (Phi) is 2.62. The Hall–Kier alpha value is -1.51. The number of Topliss-reactive ketones (excluding diaryl/α,β-unsaturated/α-hetero) is 1. The second-order valence-electron chi connectivity index (χ2n) is 4.15. The van der Waals surface area contributed by atoms with Gasteiger partial charge in [-0.15, -0.1) is 0 Å². The van der Waals surface area contributed by atoms with E-state index in [2.05, 4.69) is 29.4 Å². The molecule has 0 aliphatic carbocycles. The zero-order chi connectivity index (χ0) is 10.8. The minimum atomic E-state index is 0.236. The number of nitrogens with one attached hydrogen (secondary N) is 1. The molecule has 3 heteroatoms. The summed E-state index contributed by atoms with van der Waals surface area (Å²) in [6, 6.07) is 8.42. The van der Waals surface area contributed by atoms with Crippen LogP contribution in [0.2, 0.25) is 0 Å². The molecule has 1 aliphatic heterocycles. The van der Waals surface area contributed by atoms with E-state index in [1.54, 1.807) is 6.92 Å². The summed E-state index contributed by atoms with van der Waals surface area (Å²) >= 11 is 0. The molecule has 1 aromatic rings. The number of rotatable bonds is 2. The zero-order valence-electron chi connectivity index (χ0n) is 9.16. The van der Waals surface area contributed by atoms with E-state index in [-0.39, 0.29) is 11.8 Å². The molecule has 1 heterocycles. The Morgan fingerprint density at radius 2 is 2.27 bits per heavy atom. The Balaban J connectivity index is 2.19. The third kappa shape index (κ3) is 2.12. The summed E-state index contributed by atoms with van der Waals surface area (Å²) in [5.41, 5.74) is 2.33. The lowest BCUT2D eigenvalue weighted by atomic mass is 10.1. The fourth-order valence-corrected chi connectivity index (χ4v) is 2.09. The molecule has 0 radical (unpaired) electrons. The van der Waals surface area contributed by atoms with E-state index in [4.69, 9.17) is 0 Å². The van der Waals surface area contributed by atoms with Crippen molar-refractivity contribution in [2.75, 3.05) is 23.8 Å². The van der Waals surface area contributed by atoms with E-state index < -0.39 is 0 Å². The lowest BCUT2D eigenvalue weighted by Crippen LogP contribution is -2.40. The van der Waals surface area contributed by atoms with E-state index in [1.807, 2.05) is 12.1 Å². The number of para-hydroxylation sites is 2. The quantitative estimate of drug-likeness (QED) is 0.798. The van der Waals surface area contributed by atoms with E-state index in [0.29, 0.717) is 6.42 Å². The van der Waals surface area contributed by atoms with Crippen LogP contribution < -0.4 is 10.2 Å². The summed E-state index contributed by atoms with van der Waals surface area (Å²) in [5.74, 6) is 0.236. The molecule has 15 heavy (non-hydrogen) atoms. The molecular weight excluding hydrogens is 188 g/mol. The van der Waals surface area contributed by atoms with Crippen molar-refractivity contribution in [2.45, 2.75) is 19.4 Å². The minimum absolute atomic E-state index is 0.236. The van der Waals surface area contributed by atoms with Crippen LogP contribution in [0.5, 0.6) is 0 Å². The van der Waals surface area contributed by atoms with Crippen molar-refractivity contribution in [3.8, 4) is 0 Å². The van der Waals surface area contributed by atoms with Crippen LogP contribution in [0.4, 0.5) is 11.4 Å². The van der Waals surface area contributed by atoms with Crippen molar-refractivity contribution >= 4 is 17.2 Å². The van der Waals surface area contributed by atoms with Crippen molar-refractivity contribution < 1.29 is 4.79 Å². The average Bonchev–Trinajstić information content (AvgIpc) is 2.16. The highest BCUT2D eigenvalue weighted by atomic mass is 16.1. The van der Waals surface area contributed by atoms with Crippen LogP contribution in [0.25, 0.3) is 0 Å². The largest absolute Gasteiger partial charge is 0.378 e. The Morgan fingerprint density at radius 1 is 1.53 bits per heavy atom. The molecule has 0 saturated carbocycles. The average molecular weight is 204 g/mol. The van der Waals surface area contributed by atoms with E-state index in [0.717, 1.165) is 12.2 Å². The van der Waals surface area contributed by atoms with Gasteiger partial charge in [-0.2, -0.15) is 0 Å². The third-order valence-corrected chi connectivity index (χ3v) is 2.70. The molecule has 0 fully saturated rings. The summed E-state index contributed by atoms with van der Waals surface area (Å²) in [6.07, 6.45) is 0.596. The number of fused-ring (bicyclic) bond motifs is 1. The summed E-state index contributed by atoms with van der Waals surface area (Å²) in [6.45, 7) is 2.53. The number of hydrogen-bond donors (Lipinski definition) is 1. The monoisotopic (exact) mass is 204 g/mol. The van der Waals surface area contributed by atoms with Crippen LogP contribution >= 0.6 is 0 Å². The molecule has 0 amide bonds. The number of carbonyl (C=O) groups excluding carboxylic acids is 1. The molecular formula is C12H16N2O. The van der Waals surface area contributed by atoms with Gasteiger partial charge in [0.1, 0.15) is 5.78 Å². The zero-order valence-corrected chi connectivity index (χ0v) is 9.16. The van der Waals surface area contributed by atoms with Crippen molar-refractivity contribution in [1.82, 2.24) is 0 Å². The highest BCUT2D eigenvalue weighted by Crippen LogP contribution is 2.29. The topological polar surface area (TPSA) is 32.3 Å². The summed E-state index contributed by atoms with van der Waals surface area (Å²) in [5, 5.41) is 3.40. The Labute approximate surface area is 90.1 Å². The van der Waals surface area contributed by atoms with Crippen LogP contribution in [0.1, 0.15) is 13.3 Å². The normalized spacial score (nSPS) is 19.3. The Morgan fingerprint density at radius 3 is 3.00 bits per heavy atom. The van der Waals surface area contributed by atoms with Gasteiger partial charge < -0.3 is 10.2 Å². The van der Waals surface area contributed by atoms with Gasteiger partial charge in [0.15, 0.2) is 0 Å². The van der Waals surface area contributed by atoms with Crippen molar-refractivity contribution in [3.05, 3.63) is 24.3 Å². The Bertz CT molecular complexity index is 376. The first-order chi connectivity index (χ1) is 7.16. The number of benzene rings is 1. The van der Waals surface area contributed by atoms with Gasteiger partial charge in [0.25, 0.3) is 0 Å². The highest BCUT2D eigenvalue weighted by Gasteiger charge is 2.21. The number of carbonyl (C=O) groups is 1. The SMILES string of the molecule is CC(=O)CC1CN(C)c2ccccc2N1. The van der Waals surface area contributed by atoms with E-state index >= 15 is 0 Å². The maximum atomic E-state index is 11.1. The molecule has 3 nitrogen and oxygen atoms in total. The molecule has 0 aromatic heterocycles. The van der Waals surface area contributed by atoms with Crippen LogP contribution in [0, 0.1) is 0 Å². The third-order valence-electron chi connectivity index (χ3n) is 2.70. The molecule has 2 rings (SSSR count). The number of hydrogen-bond acceptors (Lipinski definition) is 3. The second kappa shape index (κ2) is 3.93. The van der Waals surface area contributed by atoms with Gasteiger partial charge in [-0.25, -0.2) is 0 Å². The predicted octanol–water partition coefficient (Wildman–Crippen LogP) is 1.90. The molecule has 0 saturated heterocycles. The molecule has 1 atom stereocenters. The van der Waals surface area contributed by atoms with Gasteiger partial charge in [0, 0.05) is 20.0 Å². The summed E-state index contributed by atoms with van der Waals surface area (Å²) in [4.78, 5) is 13.3. The van der Waals surface area contributed by atoms with Gasteiger partial charge in [0.05, 0.1) is 17.4 Å². The van der Waals surface area contributed by atoms with Gasteiger partial charge >= 0.3 is 0 Å². The van der Waals surface area contributed by atoms with Gasteiger partial charge in [0.2, 0.25) is 0 Å². The maximum Gasteiger partial charge on any atom is 0.131 e. The maximum absolute atomic E-state index is 11.1. The van der Waals surface area contributed by atoms with Gasteiger partial charge in [-0.3, -0.25) is 4.79 Å². The fourth-order valence-electron chi connectivity index (χ4n) is 2.09. The van der Waals surface area contributed by atoms with E-state index in [9.17, 15) is 4.79 Å². The molecule has 80 valence electrons. The predicted molar refractivity (Wildman–Crippen MR) is 62.4 cm³/mol. The minimum Gasteiger partial charge on any atom is -0.378 e. The standard InChI is InChI=1S/C12H16N2O/c1-9(15)7-10-8-14(2)12-6-4-3-5-11(12)13-10/h3-6,10,13H,7-8H2,1-2H3. The number of nitrogens with zero attached hydrogens (tertiary/aromatic N) is 1. The molecule has 0 bridgehead atoms. The van der Waals surface area contributed by atoms with Crippen molar-refractivity contribution in [3.63, 3.8) is 0 Å². The van der Waals surface area contributed by atoms with Crippen LogP contribution in [0.15, 0.2) is 24.3 Å². The van der Waals surface area contributed by atoms with Crippen molar-refractivity contribution in [2.24, 2.45) is 0 Å². The molecule has 1 aromatic carbocycles. The van der Waals surface area contributed by atoms with Crippen LogP contribution in [-0.4, -0.2) is 25.4 Å². The number of likely N-dealkylation sites (N-methyl/N-ethyl adjacent to an activating group) is 1. The summed E-state index contributed by atoms with van der Waals surface area (Å²) in [7, 11) is 2.06. The lowest BCUT2D eigenvalue weighted by molar-refractivity contribution is -0.117. The molecule has 1 aliphatic rings. The van der Waals surface area contributed by atoms with Crippen LogP contribution in [-0.2, 0) is 4.79 Å². The molecule has 1 unspecified atom stereocenters. The lowest BCUT2D eigenvalue weighted by Gasteiger charge is -2.34. The first-order valence-electron chi connectivity index (χ1n) is 5.23. The highest BCUT2D eigenvalue weighted by molar-refractivity contribution is 5.78. The molecule has 0 spiro atoms. The molecule has 1 N–H and O–H groups in total. The fraction of sp³-hybridized carbons (Fsp3) is 0.417. The first kappa shape index (κ1) is 10.0. The first-order valence-corrected chi connectivity index (χ1v) is 5.23. The summed E-state index contributed by atoms with van der Waals surface area (Å²) < 4.78 is 0. The van der Waals surface area contributed by atoms with Crippen LogP contribution in [0.3, 0.4) is 0 Å². The smallest absolute Gasteiger partial charge is 0.131 e.